The molecule has 2 aromatic rings. The number of nitrogens with one attached hydrogen (secondary N) is 1. The van der Waals surface area contributed by atoms with Gasteiger partial charge in [0.05, 0.1) is 5.52 Å². The summed E-state index contributed by atoms with van der Waals surface area (Å²) in [5.74, 6) is -1.34. The van der Waals surface area contributed by atoms with Crippen LogP contribution in [0.15, 0.2) is 27.4 Å². The summed E-state index contributed by atoms with van der Waals surface area (Å²) in [6.07, 6.45) is 0.536. The molecule has 98 valence electrons. The number of carbonyl (C=O) groups is 2. The number of hydrogen-bond acceptors (Lipinski definition) is 4. The molecule has 1 aromatic carbocycles. The third-order valence-corrected chi connectivity index (χ3v) is 3.29. The molecule has 3 rings (SSSR count). The lowest BCUT2D eigenvalue weighted by Gasteiger charge is -2.21. The van der Waals surface area contributed by atoms with Gasteiger partial charge in [0.15, 0.2) is 5.58 Å². The quantitative estimate of drug-likeness (QED) is 0.772. The van der Waals surface area contributed by atoms with Gasteiger partial charge in [-0.1, -0.05) is 6.07 Å². The Bertz CT molecular complexity index is 741. The van der Waals surface area contributed by atoms with Crippen LogP contribution in [0.3, 0.4) is 0 Å². The van der Waals surface area contributed by atoms with Crippen LogP contribution in [-0.2, 0) is 9.59 Å². The first kappa shape index (κ1) is 11.7. The zero-order valence-corrected chi connectivity index (χ0v) is 10.3. The van der Waals surface area contributed by atoms with E-state index in [1.54, 1.807) is 12.1 Å². The van der Waals surface area contributed by atoms with Gasteiger partial charge >= 0.3 is 5.76 Å². The predicted octanol–water partition coefficient (Wildman–Crippen LogP) is 0.881. The molecular formula is C13H12N2O4. The van der Waals surface area contributed by atoms with E-state index in [1.807, 2.05) is 13.0 Å². The van der Waals surface area contributed by atoms with Gasteiger partial charge in [-0.3, -0.25) is 19.5 Å². The number of aryl methyl sites for hydroxylation is 1. The van der Waals surface area contributed by atoms with Crippen molar-refractivity contribution in [1.29, 1.82) is 0 Å². The van der Waals surface area contributed by atoms with Gasteiger partial charge in [-0.25, -0.2) is 4.79 Å². The normalized spacial score (nSPS) is 19.7. The number of fused-ring (bicyclic) bond motifs is 1. The summed E-state index contributed by atoms with van der Waals surface area (Å²) in [6.45, 7) is 1.89. The molecule has 0 spiro atoms. The average Bonchev–Trinajstić information content (AvgIpc) is 2.65. The minimum atomic E-state index is -0.686. The molecule has 19 heavy (non-hydrogen) atoms. The van der Waals surface area contributed by atoms with Crippen molar-refractivity contribution < 1.29 is 14.0 Å². The first-order valence-electron chi connectivity index (χ1n) is 6.01. The molecule has 6 nitrogen and oxygen atoms in total. The third-order valence-electron chi connectivity index (χ3n) is 3.29. The first-order valence-corrected chi connectivity index (χ1v) is 6.01. The molecule has 1 fully saturated rings. The van der Waals surface area contributed by atoms with Gasteiger partial charge in [0.2, 0.25) is 11.8 Å². The number of hydrogen-bond donors (Lipinski definition) is 1. The van der Waals surface area contributed by atoms with Crippen molar-refractivity contribution in [3.8, 4) is 0 Å². The smallest absolute Gasteiger partial charge is 0.408 e. The zero-order chi connectivity index (χ0) is 13.6. The SMILES string of the molecule is Cc1ccc2c(c1)oc(=O)n2[C@@H]1CCC(=O)NC1=O. The fraction of sp³-hybridized carbons (Fsp3) is 0.308. The Morgan fingerprint density at radius 3 is 2.84 bits per heavy atom. The Hall–Kier alpha value is -2.37. The van der Waals surface area contributed by atoms with Crippen molar-refractivity contribution in [2.24, 2.45) is 0 Å². The van der Waals surface area contributed by atoms with Crippen LogP contribution in [0.2, 0.25) is 0 Å². The van der Waals surface area contributed by atoms with E-state index in [2.05, 4.69) is 5.32 Å². The minimum Gasteiger partial charge on any atom is -0.408 e. The average molecular weight is 260 g/mol. The van der Waals surface area contributed by atoms with E-state index in [1.165, 1.54) is 4.57 Å². The Morgan fingerprint density at radius 1 is 1.32 bits per heavy atom. The Labute approximate surface area is 108 Å². The molecule has 0 unspecified atom stereocenters. The van der Waals surface area contributed by atoms with Crippen LogP contribution in [0.1, 0.15) is 24.4 Å². The minimum absolute atomic E-state index is 0.224. The summed E-state index contributed by atoms with van der Waals surface area (Å²) in [5.41, 5.74) is 2.00. The lowest BCUT2D eigenvalue weighted by atomic mass is 10.1. The standard InChI is InChI=1S/C13H12N2O4/c1-7-2-3-8-10(6-7)19-13(18)15(8)9-4-5-11(16)14-12(9)17/h2-3,6,9H,4-5H2,1H3,(H,14,16,17)/t9-/m1/s1. The molecule has 0 aliphatic carbocycles. The van der Waals surface area contributed by atoms with Crippen molar-refractivity contribution in [3.05, 3.63) is 34.3 Å². The summed E-state index contributed by atoms with van der Waals surface area (Å²) in [7, 11) is 0. The highest BCUT2D eigenvalue weighted by atomic mass is 16.4. The number of imide groups is 1. The van der Waals surface area contributed by atoms with E-state index in [-0.39, 0.29) is 12.3 Å². The van der Waals surface area contributed by atoms with Crippen molar-refractivity contribution in [2.75, 3.05) is 0 Å². The Morgan fingerprint density at radius 2 is 2.11 bits per heavy atom. The largest absolute Gasteiger partial charge is 0.420 e. The summed E-state index contributed by atoms with van der Waals surface area (Å²) < 4.78 is 6.47. The number of amides is 2. The molecule has 1 saturated heterocycles. The second-order valence-electron chi connectivity index (χ2n) is 4.68. The summed E-state index contributed by atoms with van der Waals surface area (Å²) in [6, 6.07) is 4.66. The van der Waals surface area contributed by atoms with E-state index >= 15 is 0 Å². The second-order valence-corrected chi connectivity index (χ2v) is 4.68. The molecule has 2 amide bonds. The molecule has 1 aliphatic rings. The van der Waals surface area contributed by atoms with Crippen LogP contribution in [-0.4, -0.2) is 16.4 Å². The number of rotatable bonds is 1. The zero-order valence-electron chi connectivity index (χ0n) is 10.3. The van der Waals surface area contributed by atoms with Gasteiger partial charge in [0.1, 0.15) is 6.04 Å². The second kappa shape index (κ2) is 4.08. The van der Waals surface area contributed by atoms with Crippen molar-refractivity contribution in [1.82, 2.24) is 9.88 Å². The van der Waals surface area contributed by atoms with Gasteiger partial charge in [0, 0.05) is 6.42 Å². The Kier molecular flexibility index (Phi) is 2.51. The maximum Gasteiger partial charge on any atom is 0.420 e. The van der Waals surface area contributed by atoms with E-state index in [9.17, 15) is 14.4 Å². The van der Waals surface area contributed by atoms with E-state index in [0.29, 0.717) is 17.5 Å². The first-order chi connectivity index (χ1) is 9.06. The Balaban J connectivity index is 2.15. The van der Waals surface area contributed by atoms with Gasteiger partial charge in [-0.2, -0.15) is 0 Å². The number of nitrogens with zero attached hydrogens (tertiary/aromatic N) is 1. The van der Waals surface area contributed by atoms with Crippen LogP contribution in [0, 0.1) is 6.92 Å². The molecular weight excluding hydrogens is 248 g/mol. The summed E-state index contributed by atoms with van der Waals surface area (Å²) in [5, 5.41) is 2.24. The summed E-state index contributed by atoms with van der Waals surface area (Å²) >= 11 is 0. The van der Waals surface area contributed by atoms with E-state index in [4.69, 9.17) is 4.42 Å². The van der Waals surface area contributed by atoms with Crippen LogP contribution in [0.5, 0.6) is 0 Å². The van der Waals surface area contributed by atoms with Gasteiger partial charge in [0.25, 0.3) is 0 Å². The lowest BCUT2D eigenvalue weighted by molar-refractivity contribution is -0.135. The molecule has 1 N–H and O–H groups in total. The molecule has 6 heteroatoms. The number of benzene rings is 1. The highest BCUT2D eigenvalue weighted by molar-refractivity contribution is 6.00. The molecule has 0 bridgehead atoms. The molecule has 0 radical (unpaired) electrons. The lowest BCUT2D eigenvalue weighted by Crippen LogP contribution is -2.43. The molecule has 2 heterocycles. The van der Waals surface area contributed by atoms with Crippen LogP contribution in [0.25, 0.3) is 11.1 Å². The monoisotopic (exact) mass is 260 g/mol. The number of aromatic nitrogens is 1. The van der Waals surface area contributed by atoms with Crippen LogP contribution >= 0.6 is 0 Å². The van der Waals surface area contributed by atoms with Gasteiger partial charge in [-0.15, -0.1) is 0 Å². The van der Waals surface area contributed by atoms with Crippen LogP contribution < -0.4 is 11.1 Å². The van der Waals surface area contributed by atoms with E-state index in [0.717, 1.165) is 5.56 Å². The number of piperidine rings is 1. The molecule has 1 atom stereocenters. The predicted molar refractivity (Wildman–Crippen MR) is 66.6 cm³/mol. The van der Waals surface area contributed by atoms with Gasteiger partial charge in [-0.05, 0) is 31.0 Å². The highest BCUT2D eigenvalue weighted by Gasteiger charge is 2.31. The van der Waals surface area contributed by atoms with Gasteiger partial charge < -0.3 is 4.42 Å². The summed E-state index contributed by atoms with van der Waals surface area (Å²) in [4.78, 5) is 34.9. The van der Waals surface area contributed by atoms with Crippen molar-refractivity contribution >= 4 is 22.9 Å². The molecule has 1 aromatic heterocycles. The van der Waals surface area contributed by atoms with Crippen molar-refractivity contribution in [2.45, 2.75) is 25.8 Å². The fourth-order valence-electron chi connectivity index (χ4n) is 2.37. The van der Waals surface area contributed by atoms with Crippen molar-refractivity contribution in [3.63, 3.8) is 0 Å². The molecule has 1 aliphatic heterocycles. The molecule has 0 saturated carbocycles. The van der Waals surface area contributed by atoms with E-state index < -0.39 is 17.7 Å². The maximum absolute atomic E-state index is 11.9. The third kappa shape index (κ3) is 1.85. The maximum atomic E-state index is 11.9. The number of oxazole rings is 1. The topological polar surface area (TPSA) is 81.3 Å². The van der Waals surface area contributed by atoms with Crippen LogP contribution in [0.4, 0.5) is 0 Å². The fourth-order valence-corrected chi connectivity index (χ4v) is 2.37. The highest BCUT2D eigenvalue weighted by Crippen LogP contribution is 2.23. The number of carbonyl (C=O) groups excluding carboxylic acids is 2.